The lowest BCUT2D eigenvalue weighted by Crippen LogP contribution is -2.38. The van der Waals surface area contributed by atoms with Crippen molar-refractivity contribution in [2.24, 2.45) is 13.0 Å². The summed E-state index contributed by atoms with van der Waals surface area (Å²) in [5.74, 6) is -8.59. The number of anilines is 1. The van der Waals surface area contributed by atoms with Gasteiger partial charge in [-0.2, -0.15) is 19.0 Å². The molecule has 290 valence electrons. The summed E-state index contributed by atoms with van der Waals surface area (Å²) in [5.41, 5.74) is -2.20. The molecule has 0 saturated heterocycles. The molecule has 1 fully saturated rings. The summed E-state index contributed by atoms with van der Waals surface area (Å²) in [7, 11) is -0.0675. The van der Waals surface area contributed by atoms with Crippen LogP contribution >= 0.6 is 11.6 Å². The van der Waals surface area contributed by atoms with E-state index >= 15 is 8.78 Å². The molecule has 1 amide bonds. The molecule has 21 heteroatoms. The monoisotopic (exact) mass is 816 g/mol. The molecule has 0 aliphatic heterocycles. The third-order valence-electron chi connectivity index (χ3n) is 9.64. The molecule has 0 bridgehead atoms. The van der Waals surface area contributed by atoms with Crippen LogP contribution in [0.3, 0.4) is 0 Å². The number of rotatable bonds is 11. The Morgan fingerprint density at radius 2 is 1.84 bits per heavy atom. The molecule has 6 aromatic rings. The van der Waals surface area contributed by atoms with Gasteiger partial charge in [-0.3, -0.25) is 38.2 Å². The van der Waals surface area contributed by atoms with E-state index in [2.05, 4.69) is 30.2 Å². The highest BCUT2D eigenvalue weighted by Gasteiger charge is 2.67. The van der Waals surface area contributed by atoms with Crippen molar-refractivity contribution in [3.8, 4) is 17.1 Å². The normalized spacial score (nSPS) is 17.8. The minimum absolute atomic E-state index is 0.0104. The Balaban J connectivity index is 1.31. The van der Waals surface area contributed by atoms with E-state index in [9.17, 15) is 31.4 Å². The van der Waals surface area contributed by atoms with Gasteiger partial charge in [-0.05, 0) is 42.2 Å². The fourth-order valence-electron chi connectivity index (χ4n) is 7.41. The van der Waals surface area contributed by atoms with Crippen LogP contribution in [0.5, 0.6) is 0 Å². The molecule has 2 aliphatic rings. The van der Waals surface area contributed by atoms with Gasteiger partial charge in [0.15, 0.2) is 5.82 Å². The van der Waals surface area contributed by atoms with Gasteiger partial charge in [0, 0.05) is 55.7 Å². The number of benzene rings is 2. The fraction of sp³-hybridized carbons (Fsp3) is 0.286. The Kier molecular flexibility index (Phi) is 9.22. The van der Waals surface area contributed by atoms with Crippen LogP contribution in [0, 0.1) is 17.6 Å². The fourth-order valence-corrected chi connectivity index (χ4v) is 8.07. The van der Waals surface area contributed by atoms with Crippen LogP contribution < -0.4 is 15.6 Å². The highest BCUT2D eigenvalue weighted by Crippen LogP contribution is 2.68. The van der Waals surface area contributed by atoms with Gasteiger partial charge in [0.05, 0.1) is 39.5 Å². The lowest BCUT2D eigenvalue weighted by Gasteiger charge is -2.24. The molecule has 4 heterocycles. The molecule has 0 spiro atoms. The molecule has 4 atom stereocenters. The summed E-state index contributed by atoms with van der Waals surface area (Å²) in [4.78, 5) is 41.3. The van der Waals surface area contributed by atoms with Gasteiger partial charge < -0.3 is 5.32 Å². The lowest BCUT2D eigenvalue weighted by molar-refractivity contribution is -0.123. The van der Waals surface area contributed by atoms with Gasteiger partial charge in [-0.1, -0.05) is 11.6 Å². The van der Waals surface area contributed by atoms with Crippen LogP contribution in [0.15, 0.2) is 59.8 Å². The largest absolute Gasteiger partial charge is 0.344 e. The van der Waals surface area contributed by atoms with Crippen molar-refractivity contribution in [1.29, 1.82) is 0 Å². The quantitative estimate of drug-likeness (QED) is 0.159. The standard InChI is InChI=1S/C35H27ClF6N10O3S/c1-50-30-24(4-3-20(36)28(30)33(48-50)49-56(2)55)52-26(54)12-21(23-13-43-5-6-44-23)46-34(52)22(9-15-7-16(37)10-17(38)8-15)45-25(53)14-51-31-27(29(47-51)32(39)40)18-11-19(18)35(31,41)42/h3-8,10,12-13,18-19,22,32H,9,11,14H2,1-2H3,(H,45,53)(H,48,49). The Morgan fingerprint density at radius 3 is 2.52 bits per heavy atom. The summed E-state index contributed by atoms with van der Waals surface area (Å²) >= 11 is 6.59. The van der Waals surface area contributed by atoms with Crippen LogP contribution in [0.2, 0.25) is 5.02 Å². The van der Waals surface area contributed by atoms with Crippen molar-refractivity contribution in [3.05, 3.63) is 110 Å². The minimum Gasteiger partial charge on any atom is -0.344 e. The SMILES string of the molecule is Cn1nc(NS(C)=O)c2c(Cl)ccc(-n3c(C(Cc4cc(F)cc(F)c4)NC(=O)Cn4nc(C(F)F)c5c4C(F)(F)C4CC54)nc(-c4cnccn4)cc3=O)c21. The maximum atomic E-state index is 15.4. The van der Waals surface area contributed by atoms with Gasteiger partial charge in [-0.15, -0.1) is 0 Å². The van der Waals surface area contributed by atoms with Gasteiger partial charge >= 0.3 is 0 Å². The van der Waals surface area contributed by atoms with Crippen molar-refractivity contribution in [2.75, 3.05) is 11.0 Å². The lowest BCUT2D eigenvalue weighted by atomic mass is 10.0. The van der Waals surface area contributed by atoms with Crippen LogP contribution in [0.1, 0.15) is 53.1 Å². The highest BCUT2D eigenvalue weighted by atomic mass is 35.5. The smallest absolute Gasteiger partial charge is 0.293 e. The van der Waals surface area contributed by atoms with Crippen molar-refractivity contribution >= 4 is 45.2 Å². The van der Waals surface area contributed by atoms with E-state index in [1.165, 1.54) is 48.7 Å². The zero-order valence-electron chi connectivity index (χ0n) is 29.0. The molecular formula is C35H27ClF6N10O3S. The second-order valence-corrected chi connectivity index (χ2v) is 14.9. The molecular weight excluding hydrogens is 790 g/mol. The van der Waals surface area contributed by atoms with Crippen LogP contribution in [-0.2, 0) is 41.7 Å². The minimum atomic E-state index is -3.52. The van der Waals surface area contributed by atoms with E-state index in [0.717, 1.165) is 22.8 Å². The molecule has 4 unspecified atom stereocenters. The summed E-state index contributed by atoms with van der Waals surface area (Å²) in [6, 6.07) is 5.17. The molecule has 2 N–H and O–H groups in total. The number of halogens is 7. The first-order chi connectivity index (χ1) is 26.6. The van der Waals surface area contributed by atoms with Crippen molar-refractivity contribution in [2.45, 2.75) is 43.7 Å². The Hall–Kier alpha value is -5.63. The number of amides is 1. The first kappa shape index (κ1) is 37.3. The molecule has 13 nitrogen and oxygen atoms in total. The van der Waals surface area contributed by atoms with Gasteiger partial charge in [-0.25, -0.2) is 26.8 Å². The number of alkyl halides is 4. The number of fused-ring (bicyclic) bond motifs is 4. The zero-order valence-corrected chi connectivity index (χ0v) is 30.6. The average Bonchev–Trinajstić information content (AvgIpc) is 3.67. The molecule has 8 rings (SSSR count). The Labute approximate surface area is 319 Å². The topological polar surface area (TPSA) is 155 Å². The first-order valence-electron chi connectivity index (χ1n) is 16.8. The number of carbonyl (C=O) groups excluding carboxylic acids is 1. The maximum Gasteiger partial charge on any atom is 0.293 e. The number of aromatic nitrogens is 8. The van der Waals surface area contributed by atoms with Crippen molar-refractivity contribution in [3.63, 3.8) is 0 Å². The maximum absolute atomic E-state index is 15.4. The molecule has 56 heavy (non-hydrogen) atoms. The predicted octanol–water partition coefficient (Wildman–Crippen LogP) is 5.66. The predicted molar refractivity (Wildman–Crippen MR) is 191 cm³/mol. The molecule has 0 radical (unpaired) electrons. The van der Waals surface area contributed by atoms with Gasteiger partial charge in [0.1, 0.15) is 52.1 Å². The van der Waals surface area contributed by atoms with Gasteiger partial charge in [0.2, 0.25) is 5.91 Å². The van der Waals surface area contributed by atoms with Crippen molar-refractivity contribution < 1.29 is 35.3 Å². The van der Waals surface area contributed by atoms with E-state index in [4.69, 9.17) is 16.6 Å². The summed E-state index contributed by atoms with van der Waals surface area (Å²) in [6.45, 7) is -0.956. The summed E-state index contributed by atoms with van der Waals surface area (Å²) in [6.07, 6.45) is 1.81. The van der Waals surface area contributed by atoms with E-state index in [1.54, 1.807) is 0 Å². The zero-order chi connectivity index (χ0) is 39.8. The average molecular weight is 817 g/mol. The van der Waals surface area contributed by atoms with E-state index in [0.29, 0.717) is 10.7 Å². The molecule has 4 aromatic heterocycles. The number of aryl methyl sites for hydroxylation is 1. The number of hydrogen-bond acceptors (Lipinski definition) is 8. The summed E-state index contributed by atoms with van der Waals surface area (Å²) in [5, 5.41) is 11.2. The second kappa shape index (κ2) is 13.8. The second-order valence-electron chi connectivity index (χ2n) is 13.4. The molecule has 2 aliphatic carbocycles. The number of hydrogen-bond donors (Lipinski definition) is 2. The third-order valence-corrected chi connectivity index (χ3v) is 10.4. The highest BCUT2D eigenvalue weighted by molar-refractivity contribution is 7.85. The number of nitrogens with one attached hydrogen (secondary N) is 2. The van der Waals surface area contributed by atoms with Crippen molar-refractivity contribution in [1.82, 2.24) is 44.4 Å². The van der Waals surface area contributed by atoms with Crippen LogP contribution in [0.25, 0.3) is 28.0 Å². The van der Waals surface area contributed by atoms with E-state index < -0.39 is 88.7 Å². The van der Waals surface area contributed by atoms with E-state index in [-0.39, 0.29) is 62.2 Å². The summed E-state index contributed by atoms with van der Waals surface area (Å²) < 4.78 is 106. The molecule has 1 saturated carbocycles. The van der Waals surface area contributed by atoms with Crippen LogP contribution in [-0.4, -0.2) is 55.5 Å². The molecule has 2 aromatic carbocycles. The first-order valence-corrected chi connectivity index (χ1v) is 18.7. The number of carbonyl (C=O) groups is 1. The van der Waals surface area contributed by atoms with Crippen LogP contribution in [0.4, 0.5) is 32.2 Å². The van der Waals surface area contributed by atoms with E-state index in [1.807, 2.05) is 0 Å². The Morgan fingerprint density at radius 1 is 1.09 bits per heavy atom. The Bertz CT molecular complexity index is 2630. The van der Waals surface area contributed by atoms with Gasteiger partial charge in [0.25, 0.3) is 17.9 Å². The third kappa shape index (κ3) is 6.49. The number of nitrogens with zero attached hydrogens (tertiary/aromatic N) is 8.